The molecule has 3 nitrogen and oxygen atoms in total. The molecule has 0 aliphatic heterocycles. The first kappa shape index (κ1) is 12.2. The average Bonchev–Trinajstić information content (AvgIpc) is 2.61. The average molecular weight is 225 g/mol. The third-order valence-corrected chi connectivity index (χ3v) is 2.98. The first-order valence-electron chi connectivity index (χ1n) is 5.13. The van der Waals surface area contributed by atoms with Crippen molar-refractivity contribution in [3.8, 4) is 0 Å². The Labute approximate surface area is 95.6 Å². The molecule has 0 aliphatic carbocycles. The van der Waals surface area contributed by atoms with Gasteiger partial charge in [-0.15, -0.1) is 10.2 Å². The van der Waals surface area contributed by atoms with Gasteiger partial charge in [-0.25, -0.2) is 0 Å². The number of nitrogens with one attached hydrogen (secondary N) is 1. The van der Waals surface area contributed by atoms with E-state index in [2.05, 4.69) is 36.3 Å². The molecular weight excluding hydrogens is 206 g/mol. The second-order valence-corrected chi connectivity index (χ2v) is 5.78. The van der Waals surface area contributed by atoms with Crippen LogP contribution >= 0.6 is 11.3 Å². The second-order valence-electron chi connectivity index (χ2n) is 4.80. The molecule has 15 heavy (non-hydrogen) atoms. The number of rotatable bonds is 3. The Balaban J connectivity index is 2.61. The Bertz CT molecular complexity index is 347. The van der Waals surface area contributed by atoms with Gasteiger partial charge < -0.3 is 5.32 Å². The Hall–Kier alpha value is -0.900. The maximum absolute atomic E-state index is 4.13. The van der Waals surface area contributed by atoms with Crippen LogP contribution in [0.1, 0.15) is 39.6 Å². The molecule has 1 aromatic rings. The van der Waals surface area contributed by atoms with Crippen LogP contribution in [-0.2, 0) is 0 Å². The van der Waals surface area contributed by atoms with E-state index in [4.69, 9.17) is 0 Å². The summed E-state index contributed by atoms with van der Waals surface area (Å²) in [6.45, 7) is 11.6. The van der Waals surface area contributed by atoms with Gasteiger partial charge in [0.2, 0.25) is 5.13 Å². The molecule has 0 fully saturated rings. The first-order chi connectivity index (χ1) is 6.92. The summed E-state index contributed by atoms with van der Waals surface area (Å²) in [7, 11) is 0. The highest BCUT2D eigenvalue weighted by atomic mass is 32.1. The van der Waals surface area contributed by atoms with Crippen LogP contribution in [0.2, 0.25) is 0 Å². The standard InChI is InChI=1S/C11H19N3S/c1-6-8(2)9-13-14-10(15-9)12-7-11(3,4)5/h6H,7H2,1-5H3,(H,12,14)/b8-6-. The molecule has 0 unspecified atom stereocenters. The van der Waals surface area contributed by atoms with Crippen LogP contribution < -0.4 is 5.32 Å². The van der Waals surface area contributed by atoms with Crippen LogP contribution in [-0.4, -0.2) is 16.7 Å². The van der Waals surface area contributed by atoms with E-state index >= 15 is 0 Å². The Kier molecular flexibility index (Phi) is 3.85. The van der Waals surface area contributed by atoms with E-state index in [1.165, 1.54) is 5.57 Å². The van der Waals surface area contributed by atoms with Crippen LogP contribution in [0.15, 0.2) is 6.08 Å². The predicted octanol–water partition coefficient (Wildman–Crippen LogP) is 3.42. The predicted molar refractivity (Wildman–Crippen MR) is 67.2 cm³/mol. The molecule has 0 saturated carbocycles. The first-order valence-corrected chi connectivity index (χ1v) is 5.95. The SMILES string of the molecule is C/C=C(/C)c1nnc(NCC(C)(C)C)s1. The number of nitrogens with zero attached hydrogens (tertiary/aromatic N) is 2. The minimum absolute atomic E-state index is 0.265. The van der Waals surface area contributed by atoms with E-state index in [-0.39, 0.29) is 5.41 Å². The molecular formula is C11H19N3S. The summed E-state index contributed by atoms with van der Waals surface area (Å²) in [5, 5.41) is 13.4. The fourth-order valence-corrected chi connectivity index (χ4v) is 1.69. The number of allylic oxidation sites excluding steroid dienone is 2. The van der Waals surface area contributed by atoms with Crippen LogP contribution in [0.25, 0.3) is 5.57 Å². The van der Waals surface area contributed by atoms with Crippen molar-refractivity contribution in [2.45, 2.75) is 34.6 Å². The summed E-state index contributed by atoms with van der Waals surface area (Å²) < 4.78 is 0. The van der Waals surface area contributed by atoms with E-state index < -0.39 is 0 Å². The molecule has 0 atom stereocenters. The zero-order valence-corrected chi connectivity index (χ0v) is 10.9. The molecule has 4 heteroatoms. The zero-order valence-electron chi connectivity index (χ0n) is 10.1. The maximum atomic E-state index is 4.13. The van der Waals surface area contributed by atoms with Crippen molar-refractivity contribution < 1.29 is 0 Å². The highest BCUT2D eigenvalue weighted by Gasteiger charge is 2.11. The lowest BCUT2D eigenvalue weighted by atomic mass is 9.97. The Morgan fingerprint density at radius 1 is 1.40 bits per heavy atom. The highest BCUT2D eigenvalue weighted by Crippen LogP contribution is 2.23. The van der Waals surface area contributed by atoms with Crippen LogP contribution in [0.3, 0.4) is 0 Å². The van der Waals surface area contributed by atoms with Gasteiger partial charge in [-0.05, 0) is 24.8 Å². The van der Waals surface area contributed by atoms with Gasteiger partial charge in [0.1, 0.15) is 5.01 Å². The van der Waals surface area contributed by atoms with Gasteiger partial charge in [-0.3, -0.25) is 0 Å². The number of hydrogen-bond donors (Lipinski definition) is 1. The lowest BCUT2D eigenvalue weighted by Crippen LogP contribution is -2.18. The third-order valence-electron chi connectivity index (χ3n) is 1.97. The normalized spacial score (nSPS) is 13.0. The van der Waals surface area contributed by atoms with Crippen molar-refractivity contribution in [3.63, 3.8) is 0 Å². The smallest absolute Gasteiger partial charge is 0.206 e. The fourth-order valence-electron chi connectivity index (χ4n) is 0.918. The monoisotopic (exact) mass is 225 g/mol. The summed E-state index contributed by atoms with van der Waals surface area (Å²) in [5.74, 6) is 0. The maximum Gasteiger partial charge on any atom is 0.206 e. The van der Waals surface area contributed by atoms with Crippen molar-refractivity contribution in [1.82, 2.24) is 10.2 Å². The second kappa shape index (κ2) is 4.75. The van der Waals surface area contributed by atoms with Crippen molar-refractivity contribution in [1.29, 1.82) is 0 Å². The molecule has 1 aromatic heterocycles. The summed E-state index contributed by atoms with van der Waals surface area (Å²) >= 11 is 1.60. The Morgan fingerprint density at radius 3 is 2.60 bits per heavy atom. The molecule has 0 saturated heterocycles. The number of hydrogen-bond acceptors (Lipinski definition) is 4. The summed E-state index contributed by atoms with van der Waals surface area (Å²) in [6, 6.07) is 0. The molecule has 0 radical (unpaired) electrons. The molecule has 0 amide bonds. The third kappa shape index (κ3) is 4.00. The van der Waals surface area contributed by atoms with Crippen molar-refractivity contribution in [2.75, 3.05) is 11.9 Å². The number of aromatic nitrogens is 2. The Morgan fingerprint density at radius 2 is 2.07 bits per heavy atom. The summed E-state index contributed by atoms with van der Waals surface area (Å²) in [4.78, 5) is 0. The number of anilines is 1. The minimum atomic E-state index is 0.265. The van der Waals surface area contributed by atoms with Gasteiger partial charge in [0.25, 0.3) is 0 Å². The van der Waals surface area contributed by atoms with Crippen LogP contribution in [0.4, 0.5) is 5.13 Å². The molecule has 0 spiro atoms. The van der Waals surface area contributed by atoms with E-state index in [0.29, 0.717) is 0 Å². The van der Waals surface area contributed by atoms with Crippen molar-refractivity contribution in [2.24, 2.45) is 5.41 Å². The van der Waals surface area contributed by atoms with E-state index in [0.717, 1.165) is 16.7 Å². The van der Waals surface area contributed by atoms with Crippen LogP contribution in [0, 0.1) is 5.41 Å². The summed E-state index contributed by atoms with van der Waals surface area (Å²) in [5.41, 5.74) is 1.44. The van der Waals surface area contributed by atoms with Crippen LogP contribution in [0.5, 0.6) is 0 Å². The topological polar surface area (TPSA) is 37.8 Å². The molecule has 1 N–H and O–H groups in total. The van der Waals surface area contributed by atoms with E-state index in [1.54, 1.807) is 11.3 Å². The van der Waals surface area contributed by atoms with Crippen molar-refractivity contribution in [3.05, 3.63) is 11.1 Å². The van der Waals surface area contributed by atoms with Gasteiger partial charge >= 0.3 is 0 Å². The van der Waals surface area contributed by atoms with Gasteiger partial charge in [0.05, 0.1) is 0 Å². The highest BCUT2D eigenvalue weighted by molar-refractivity contribution is 7.16. The van der Waals surface area contributed by atoms with Crippen molar-refractivity contribution >= 4 is 22.0 Å². The van der Waals surface area contributed by atoms with Gasteiger partial charge in [0.15, 0.2) is 0 Å². The van der Waals surface area contributed by atoms with Gasteiger partial charge in [-0.2, -0.15) is 0 Å². The lowest BCUT2D eigenvalue weighted by molar-refractivity contribution is 0.443. The molecule has 1 rings (SSSR count). The van der Waals surface area contributed by atoms with Gasteiger partial charge in [0, 0.05) is 6.54 Å². The van der Waals surface area contributed by atoms with E-state index in [1.807, 2.05) is 19.9 Å². The molecule has 0 bridgehead atoms. The van der Waals surface area contributed by atoms with E-state index in [9.17, 15) is 0 Å². The fraction of sp³-hybridized carbons (Fsp3) is 0.636. The molecule has 0 aliphatic rings. The summed E-state index contributed by atoms with van der Waals surface area (Å²) in [6.07, 6.45) is 2.05. The lowest BCUT2D eigenvalue weighted by Gasteiger charge is -2.17. The molecule has 84 valence electrons. The quantitative estimate of drug-likeness (QED) is 0.856. The minimum Gasteiger partial charge on any atom is -0.360 e. The van der Waals surface area contributed by atoms with Gasteiger partial charge in [-0.1, -0.05) is 38.2 Å². The largest absolute Gasteiger partial charge is 0.360 e. The molecule has 1 heterocycles. The zero-order chi connectivity index (χ0) is 11.5. The molecule has 0 aromatic carbocycles.